The lowest BCUT2D eigenvalue weighted by Gasteiger charge is -2.03. The van der Waals surface area contributed by atoms with Gasteiger partial charge in [-0.1, -0.05) is 109 Å². The van der Waals surface area contributed by atoms with Crippen molar-refractivity contribution in [2.75, 3.05) is 0 Å². The Hall–Kier alpha value is -0.590. The maximum atomic E-state index is 10.1. The molecule has 0 saturated carbocycles. The van der Waals surface area contributed by atoms with E-state index in [4.69, 9.17) is 0 Å². The summed E-state index contributed by atoms with van der Waals surface area (Å²) in [5.74, 6) is 0. The average molecular weight is 336 g/mol. The lowest BCUT2D eigenvalue weighted by atomic mass is 10.0. The number of allylic oxidation sites excluding steroid dienone is 2. The first-order valence-corrected chi connectivity index (χ1v) is 10.9. The lowest BCUT2D eigenvalue weighted by molar-refractivity contribution is 0.528. The van der Waals surface area contributed by atoms with Gasteiger partial charge in [-0.25, -0.2) is 0 Å². The molecule has 0 aromatic carbocycles. The van der Waals surface area contributed by atoms with Crippen LogP contribution in [0, 0.1) is 0 Å². The van der Waals surface area contributed by atoms with Gasteiger partial charge in [0, 0.05) is 6.42 Å². The molecule has 0 fully saturated rings. The molecule has 0 aromatic rings. The van der Waals surface area contributed by atoms with Gasteiger partial charge in [0.1, 0.15) is 0 Å². The van der Waals surface area contributed by atoms with Gasteiger partial charge in [-0.2, -0.15) is 0 Å². The summed E-state index contributed by atoms with van der Waals surface area (Å²) in [6.45, 7) is 2.26. The third kappa shape index (κ3) is 21.4. The maximum Gasteiger partial charge on any atom is 0.198 e. The molecule has 0 aliphatic heterocycles. The SMILES string of the molecule is CCCCC=CCCCCCCCCCCCCCCCC[C]=O. The molecule has 1 nitrogen and oxygen atoms in total. The molecule has 1 heteroatoms. The van der Waals surface area contributed by atoms with E-state index in [1.165, 1.54) is 109 Å². The molecule has 24 heavy (non-hydrogen) atoms. The van der Waals surface area contributed by atoms with Gasteiger partial charge in [0.05, 0.1) is 0 Å². The molecule has 0 rings (SSSR count). The summed E-state index contributed by atoms with van der Waals surface area (Å²) < 4.78 is 0. The van der Waals surface area contributed by atoms with Crippen LogP contribution in [0.25, 0.3) is 0 Å². The van der Waals surface area contributed by atoms with Crippen molar-refractivity contribution in [1.29, 1.82) is 0 Å². The topological polar surface area (TPSA) is 17.1 Å². The van der Waals surface area contributed by atoms with E-state index < -0.39 is 0 Å². The van der Waals surface area contributed by atoms with Gasteiger partial charge in [-0.3, -0.25) is 4.79 Å². The fourth-order valence-electron chi connectivity index (χ4n) is 3.14. The molecule has 0 aliphatic rings. The second kappa shape index (κ2) is 22.4. The quantitative estimate of drug-likeness (QED) is 0.162. The van der Waals surface area contributed by atoms with Gasteiger partial charge in [-0.05, 0) is 25.7 Å². The van der Waals surface area contributed by atoms with Crippen molar-refractivity contribution in [3.63, 3.8) is 0 Å². The van der Waals surface area contributed by atoms with Crippen molar-refractivity contribution >= 4 is 6.29 Å². The Kier molecular flexibility index (Phi) is 21.9. The highest BCUT2D eigenvalue weighted by Crippen LogP contribution is 2.13. The van der Waals surface area contributed by atoms with Crippen molar-refractivity contribution in [3.05, 3.63) is 12.2 Å². The van der Waals surface area contributed by atoms with Crippen molar-refractivity contribution in [2.24, 2.45) is 0 Å². The number of hydrogen-bond acceptors (Lipinski definition) is 1. The van der Waals surface area contributed by atoms with Gasteiger partial charge in [0.2, 0.25) is 0 Å². The fourth-order valence-corrected chi connectivity index (χ4v) is 3.14. The summed E-state index contributed by atoms with van der Waals surface area (Å²) in [5, 5.41) is 0. The van der Waals surface area contributed by atoms with Gasteiger partial charge < -0.3 is 0 Å². The van der Waals surface area contributed by atoms with E-state index in [1.807, 2.05) is 6.29 Å². The average Bonchev–Trinajstić information content (AvgIpc) is 2.60. The minimum Gasteiger partial charge on any atom is -0.291 e. The Bertz CT molecular complexity index is 257. The standard InChI is InChI=1S/C23H43O/c1-2-3-4-5-6-7-8-9-10-11-12-13-14-15-16-17-18-19-20-21-22-23-24/h5-6H,2-4,7-22H2,1H3. The third-order valence-corrected chi connectivity index (χ3v) is 4.79. The van der Waals surface area contributed by atoms with E-state index in [0.717, 1.165) is 6.42 Å². The van der Waals surface area contributed by atoms with E-state index in [2.05, 4.69) is 19.1 Å². The molecular weight excluding hydrogens is 292 g/mol. The largest absolute Gasteiger partial charge is 0.291 e. The Balaban J connectivity index is 3.00. The van der Waals surface area contributed by atoms with Gasteiger partial charge in [0.25, 0.3) is 0 Å². The Morgan fingerprint density at radius 1 is 0.542 bits per heavy atom. The molecule has 0 aromatic heterocycles. The van der Waals surface area contributed by atoms with Crippen LogP contribution in [0.2, 0.25) is 0 Å². The molecule has 141 valence electrons. The van der Waals surface area contributed by atoms with Gasteiger partial charge >= 0.3 is 0 Å². The zero-order valence-electron chi connectivity index (χ0n) is 16.5. The minimum atomic E-state index is 0.635. The van der Waals surface area contributed by atoms with E-state index >= 15 is 0 Å². The summed E-state index contributed by atoms with van der Waals surface area (Å²) in [5.41, 5.74) is 0. The molecule has 0 N–H and O–H groups in total. The molecule has 0 spiro atoms. The zero-order chi connectivity index (χ0) is 17.6. The summed E-state index contributed by atoms with van der Waals surface area (Å²) >= 11 is 0. The van der Waals surface area contributed by atoms with Crippen LogP contribution in [-0.2, 0) is 4.79 Å². The molecule has 1 radical (unpaired) electrons. The predicted molar refractivity (Wildman–Crippen MR) is 108 cm³/mol. The van der Waals surface area contributed by atoms with Crippen LogP contribution in [-0.4, -0.2) is 6.29 Å². The number of hydrogen-bond donors (Lipinski definition) is 0. The Morgan fingerprint density at radius 2 is 0.917 bits per heavy atom. The summed E-state index contributed by atoms with van der Waals surface area (Å²) in [6.07, 6.45) is 31.7. The van der Waals surface area contributed by atoms with E-state index in [-0.39, 0.29) is 0 Å². The molecule has 0 saturated heterocycles. The second-order valence-corrected chi connectivity index (χ2v) is 7.25. The summed E-state index contributed by atoms with van der Waals surface area (Å²) in [4.78, 5) is 10.1. The van der Waals surface area contributed by atoms with Crippen molar-refractivity contribution in [3.8, 4) is 0 Å². The molecule has 0 atom stereocenters. The molecule has 0 amide bonds. The van der Waals surface area contributed by atoms with Crippen LogP contribution in [0.4, 0.5) is 0 Å². The lowest BCUT2D eigenvalue weighted by Crippen LogP contribution is -1.83. The van der Waals surface area contributed by atoms with Crippen LogP contribution in [0.3, 0.4) is 0 Å². The first-order valence-electron chi connectivity index (χ1n) is 10.9. The molecule has 0 bridgehead atoms. The van der Waals surface area contributed by atoms with Crippen molar-refractivity contribution < 1.29 is 4.79 Å². The van der Waals surface area contributed by atoms with Gasteiger partial charge in [0.15, 0.2) is 6.29 Å². The Morgan fingerprint density at radius 3 is 1.33 bits per heavy atom. The number of unbranched alkanes of at least 4 members (excludes halogenated alkanes) is 17. The summed E-state index contributed by atoms with van der Waals surface area (Å²) in [7, 11) is 0. The van der Waals surface area contributed by atoms with Crippen LogP contribution in [0.5, 0.6) is 0 Å². The van der Waals surface area contributed by atoms with Crippen molar-refractivity contribution in [2.45, 2.75) is 129 Å². The van der Waals surface area contributed by atoms with Crippen LogP contribution in [0.1, 0.15) is 129 Å². The number of carbonyl (C=O) groups excluding carboxylic acids is 1. The first-order chi connectivity index (χ1) is 11.9. The monoisotopic (exact) mass is 335 g/mol. The van der Waals surface area contributed by atoms with Crippen LogP contribution in [0.15, 0.2) is 12.2 Å². The second-order valence-electron chi connectivity index (χ2n) is 7.25. The molecule has 0 unspecified atom stereocenters. The fraction of sp³-hybridized carbons (Fsp3) is 0.870. The van der Waals surface area contributed by atoms with Crippen molar-refractivity contribution in [1.82, 2.24) is 0 Å². The predicted octanol–water partition coefficient (Wildman–Crippen LogP) is 8.08. The summed E-state index contributed by atoms with van der Waals surface area (Å²) in [6, 6.07) is 0. The zero-order valence-corrected chi connectivity index (χ0v) is 16.5. The highest BCUT2D eigenvalue weighted by atomic mass is 16.1. The highest BCUT2D eigenvalue weighted by Gasteiger charge is 1.94. The maximum absolute atomic E-state index is 10.1. The smallest absolute Gasteiger partial charge is 0.198 e. The van der Waals surface area contributed by atoms with Crippen LogP contribution < -0.4 is 0 Å². The van der Waals surface area contributed by atoms with Crippen LogP contribution >= 0.6 is 0 Å². The van der Waals surface area contributed by atoms with E-state index in [1.54, 1.807) is 0 Å². The van der Waals surface area contributed by atoms with Gasteiger partial charge in [-0.15, -0.1) is 0 Å². The highest BCUT2D eigenvalue weighted by molar-refractivity contribution is 5.50. The van der Waals surface area contributed by atoms with E-state index in [9.17, 15) is 4.79 Å². The first kappa shape index (κ1) is 23.4. The minimum absolute atomic E-state index is 0.635. The molecule has 0 aliphatic carbocycles. The van der Waals surface area contributed by atoms with E-state index in [0.29, 0.717) is 6.42 Å². The normalized spacial score (nSPS) is 11.4. The number of rotatable bonds is 20. The molecule has 0 heterocycles. The third-order valence-electron chi connectivity index (χ3n) is 4.79. The molecular formula is C23H43O. The Labute approximate surface area is 152 Å².